The first kappa shape index (κ1) is 21.9. The van der Waals surface area contributed by atoms with E-state index in [4.69, 9.17) is 4.52 Å². The van der Waals surface area contributed by atoms with Crippen molar-refractivity contribution in [3.63, 3.8) is 0 Å². The summed E-state index contributed by atoms with van der Waals surface area (Å²) in [6, 6.07) is 12.4. The van der Waals surface area contributed by atoms with Crippen molar-refractivity contribution in [3.8, 4) is 0 Å². The van der Waals surface area contributed by atoms with E-state index < -0.39 is 0 Å². The first-order valence-corrected chi connectivity index (χ1v) is 11.3. The summed E-state index contributed by atoms with van der Waals surface area (Å²) in [5.41, 5.74) is 0.986. The molecule has 2 aromatic rings. The predicted molar refractivity (Wildman–Crippen MR) is 117 cm³/mol. The molecule has 1 aliphatic heterocycles. The van der Waals surface area contributed by atoms with Crippen molar-refractivity contribution in [1.29, 1.82) is 0 Å². The van der Waals surface area contributed by atoms with Gasteiger partial charge in [0.2, 0.25) is 5.91 Å². The van der Waals surface area contributed by atoms with Crippen molar-refractivity contribution in [1.82, 2.24) is 20.7 Å². The Hall–Kier alpha value is -1.83. The van der Waals surface area contributed by atoms with Gasteiger partial charge in [0.25, 0.3) is 0 Å². The van der Waals surface area contributed by atoms with Crippen LogP contribution < -0.4 is 10.6 Å². The molecule has 1 saturated heterocycles. The van der Waals surface area contributed by atoms with Crippen molar-refractivity contribution in [2.75, 3.05) is 40.3 Å². The summed E-state index contributed by atoms with van der Waals surface area (Å²) in [7, 11) is 4.03. The minimum atomic E-state index is 0.156. The van der Waals surface area contributed by atoms with Gasteiger partial charge >= 0.3 is 0 Å². The number of nitrogens with one attached hydrogen (secondary N) is 2. The molecule has 2 unspecified atom stereocenters. The lowest BCUT2D eigenvalue weighted by Gasteiger charge is -2.31. The molecule has 0 aliphatic carbocycles. The highest BCUT2D eigenvalue weighted by Gasteiger charge is 2.28. The van der Waals surface area contributed by atoms with E-state index in [9.17, 15) is 4.79 Å². The molecule has 1 amide bonds. The Morgan fingerprint density at radius 2 is 2.14 bits per heavy atom. The summed E-state index contributed by atoms with van der Waals surface area (Å²) in [4.78, 5) is 15.6. The van der Waals surface area contributed by atoms with Gasteiger partial charge < -0.3 is 20.1 Å². The molecule has 1 aromatic heterocycles. The second kappa shape index (κ2) is 11.4. The van der Waals surface area contributed by atoms with Crippen molar-refractivity contribution in [2.24, 2.45) is 11.8 Å². The molecule has 0 saturated carbocycles. The van der Waals surface area contributed by atoms with E-state index in [-0.39, 0.29) is 5.91 Å². The monoisotopic (exact) mass is 416 g/mol. The van der Waals surface area contributed by atoms with Crippen LogP contribution in [-0.2, 0) is 17.0 Å². The molecule has 2 N–H and O–H groups in total. The predicted octanol–water partition coefficient (Wildman–Crippen LogP) is 2.80. The van der Waals surface area contributed by atoms with Crippen molar-refractivity contribution < 1.29 is 9.32 Å². The number of carbonyl (C=O) groups excluding carboxylic acids is 1. The molecule has 2 atom stereocenters. The molecule has 0 radical (unpaired) electrons. The van der Waals surface area contributed by atoms with Crippen LogP contribution in [0.25, 0.3) is 0 Å². The number of carbonyl (C=O) groups is 1. The van der Waals surface area contributed by atoms with Gasteiger partial charge in [-0.2, -0.15) is 0 Å². The van der Waals surface area contributed by atoms with Crippen LogP contribution in [0.5, 0.6) is 0 Å². The van der Waals surface area contributed by atoms with Gasteiger partial charge in [-0.1, -0.05) is 23.4 Å². The van der Waals surface area contributed by atoms with Gasteiger partial charge in [0.1, 0.15) is 5.76 Å². The van der Waals surface area contributed by atoms with Crippen molar-refractivity contribution in [3.05, 3.63) is 47.9 Å². The van der Waals surface area contributed by atoms with E-state index in [1.165, 1.54) is 4.90 Å². The number of hydrogen-bond donors (Lipinski definition) is 2. The third-order valence-corrected chi connectivity index (χ3v) is 6.33. The fraction of sp³-hybridized carbons (Fsp3) is 0.545. The Bertz CT molecular complexity index is 750. The first-order valence-electron chi connectivity index (χ1n) is 10.3. The van der Waals surface area contributed by atoms with Crippen LogP contribution in [0.1, 0.15) is 24.3 Å². The zero-order valence-electron chi connectivity index (χ0n) is 17.4. The highest BCUT2D eigenvalue weighted by atomic mass is 32.2. The fourth-order valence-electron chi connectivity index (χ4n) is 3.67. The van der Waals surface area contributed by atoms with Crippen LogP contribution in [0.15, 0.2) is 45.8 Å². The molecule has 0 bridgehead atoms. The lowest BCUT2D eigenvalue weighted by atomic mass is 9.81. The Kier molecular flexibility index (Phi) is 8.58. The number of rotatable bonds is 10. The van der Waals surface area contributed by atoms with Gasteiger partial charge in [0.15, 0.2) is 0 Å². The maximum absolute atomic E-state index is 12.3. The van der Waals surface area contributed by atoms with Crippen molar-refractivity contribution >= 4 is 17.7 Å². The molecule has 3 rings (SSSR count). The van der Waals surface area contributed by atoms with E-state index in [1.807, 2.05) is 32.3 Å². The quantitative estimate of drug-likeness (QED) is 0.581. The second-order valence-electron chi connectivity index (χ2n) is 7.96. The van der Waals surface area contributed by atoms with Crippen molar-refractivity contribution in [2.45, 2.75) is 29.9 Å². The Labute approximate surface area is 177 Å². The van der Waals surface area contributed by atoms with Crippen LogP contribution in [-0.4, -0.2) is 56.2 Å². The van der Waals surface area contributed by atoms with Gasteiger partial charge in [0.05, 0.1) is 11.4 Å². The molecule has 1 fully saturated rings. The third kappa shape index (κ3) is 7.49. The zero-order valence-corrected chi connectivity index (χ0v) is 18.2. The number of likely N-dealkylation sites (N-methyl/N-ethyl adjacent to an activating group) is 1. The van der Waals surface area contributed by atoms with Crippen LogP contribution in [0, 0.1) is 11.8 Å². The summed E-state index contributed by atoms with van der Waals surface area (Å²) in [6.07, 6.45) is 2.47. The SMILES string of the molecule is CN(C)CCNC(=O)CC1CCNCC1Cc1cc(CSc2ccccc2)on1. The number of piperidine rings is 1. The number of aromatic nitrogens is 1. The van der Waals surface area contributed by atoms with E-state index in [1.54, 1.807) is 11.8 Å². The van der Waals surface area contributed by atoms with E-state index in [2.05, 4.69) is 38.9 Å². The second-order valence-corrected chi connectivity index (χ2v) is 9.01. The van der Waals surface area contributed by atoms with E-state index in [0.29, 0.717) is 24.8 Å². The molecule has 158 valence electrons. The standard InChI is InChI=1S/C22H32N4O2S/c1-26(2)11-10-24-22(27)13-17-8-9-23-15-18(17)12-19-14-20(28-25-19)16-29-21-6-4-3-5-7-21/h3-7,14,17-18,23H,8-13,15-16H2,1-2H3,(H,24,27). The summed E-state index contributed by atoms with van der Waals surface area (Å²) >= 11 is 1.75. The lowest BCUT2D eigenvalue weighted by Crippen LogP contribution is -2.41. The maximum atomic E-state index is 12.3. The maximum Gasteiger partial charge on any atom is 0.220 e. The molecule has 6 nitrogen and oxygen atoms in total. The number of amides is 1. The van der Waals surface area contributed by atoms with Crippen LogP contribution >= 0.6 is 11.8 Å². The average Bonchev–Trinajstić information content (AvgIpc) is 3.16. The summed E-state index contributed by atoms with van der Waals surface area (Å²) < 4.78 is 5.54. The van der Waals surface area contributed by atoms with Crippen LogP contribution in [0.3, 0.4) is 0 Å². The molecule has 7 heteroatoms. The normalized spacial score (nSPS) is 19.4. The Morgan fingerprint density at radius 1 is 1.31 bits per heavy atom. The smallest absolute Gasteiger partial charge is 0.220 e. The number of benzene rings is 1. The topological polar surface area (TPSA) is 70.4 Å². The Balaban J connectivity index is 1.48. The summed E-state index contributed by atoms with van der Waals surface area (Å²) in [6.45, 7) is 3.47. The molecule has 1 aliphatic rings. The van der Waals surface area contributed by atoms with Crippen LogP contribution in [0.4, 0.5) is 0 Å². The van der Waals surface area contributed by atoms with Gasteiger partial charge in [-0.05, 0) is 64.0 Å². The minimum Gasteiger partial charge on any atom is -0.360 e. The third-order valence-electron chi connectivity index (χ3n) is 5.30. The molecular weight excluding hydrogens is 384 g/mol. The fourth-order valence-corrected chi connectivity index (χ4v) is 4.47. The Morgan fingerprint density at radius 3 is 2.93 bits per heavy atom. The van der Waals surface area contributed by atoms with Gasteiger partial charge in [-0.3, -0.25) is 4.79 Å². The molecule has 1 aromatic carbocycles. The van der Waals surface area contributed by atoms with Crippen LogP contribution in [0.2, 0.25) is 0 Å². The highest BCUT2D eigenvalue weighted by Crippen LogP contribution is 2.27. The molecule has 0 spiro atoms. The summed E-state index contributed by atoms with van der Waals surface area (Å²) in [5.74, 6) is 2.62. The van der Waals surface area contributed by atoms with Gasteiger partial charge in [0, 0.05) is 30.5 Å². The zero-order chi connectivity index (χ0) is 20.5. The molecular formula is C22H32N4O2S. The minimum absolute atomic E-state index is 0.156. The van der Waals surface area contributed by atoms with E-state index >= 15 is 0 Å². The first-order chi connectivity index (χ1) is 14.1. The van der Waals surface area contributed by atoms with Gasteiger partial charge in [-0.25, -0.2) is 0 Å². The molecule has 29 heavy (non-hydrogen) atoms. The number of nitrogens with zero attached hydrogens (tertiary/aromatic N) is 2. The highest BCUT2D eigenvalue weighted by molar-refractivity contribution is 7.98. The largest absolute Gasteiger partial charge is 0.360 e. The summed E-state index contributed by atoms with van der Waals surface area (Å²) in [5, 5.41) is 10.8. The number of hydrogen-bond acceptors (Lipinski definition) is 6. The lowest BCUT2D eigenvalue weighted by molar-refractivity contribution is -0.122. The number of thioether (sulfide) groups is 1. The van der Waals surface area contributed by atoms with E-state index in [0.717, 1.165) is 49.7 Å². The average molecular weight is 417 g/mol. The molecule has 2 heterocycles. The van der Waals surface area contributed by atoms with Gasteiger partial charge in [-0.15, -0.1) is 11.8 Å².